The van der Waals surface area contributed by atoms with Gasteiger partial charge in [-0.25, -0.2) is 0 Å². The summed E-state index contributed by atoms with van der Waals surface area (Å²) in [5.74, 6) is 0. The first-order valence-electron chi connectivity index (χ1n) is 16.0. The van der Waals surface area contributed by atoms with Crippen LogP contribution in [0.4, 0.5) is 0 Å². The SMILES string of the molecule is c1ccc(-c2cccc(CC(c3ccccc3)n3c4ccccc4c4ccc5c6ccccc6n(-c6ccccc6)c5c43)c2)cc1. The van der Waals surface area contributed by atoms with E-state index in [1.807, 2.05) is 0 Å². The Balaban J connectivity index is 1.38. The molecular formula is C44H32N2. The Morgan fingerprint density at radius 2 is 0.978 bits per heavy atom. The van der Waals surface area contributed by atoms with Crippen LogP contribution in [0.3, 0.4) is 0 Å². The Hall–Kier alpha value is -5.86. The lowest BCUT2D eigenvalue weighted by Crippen LogP contribution is -2.14. The van der Waals surface area contributed by atoms with E-state index in [9.17, 15) is 0 Å². The molecule has 9 aromatic rings. The Labute approximate surface area is 268 Å². The number of rotatable bonds is 6. The third-order valence-electron chi connectivity index (χ3n) is 9.48. The summed E-state index contributed by atoms with van der Waals surface area (Å²) in [4.78, 5) is 0. The summed E-state index contributed by atoms with van der Waals surface area (Å²) in [5.41, 5.74) is 11.3. The number of benzene rings is 7. The maximum atomic E-state index is 2.63. The molecule has 218 valence electrons. The molecular weight excluding hydrogens is 556 g/mol. The second-order valence-electron chi connectivity index (χ2n) is 12.1. The van der Waals surface area contributed by atoms with E-state index in [0.717, 1.165) is 6.42 Å². The number of hydrogen-bond acceptors (Lipinski definition) is 0. The van der Waals surface area contributed by atoms with Crippen LogP contribution in [0.15, 0.2) is 176 Å². The fourth-order valence-electron chi connectivity index (χ4n) is 7.47. The van der Waals surface area contributed by atoms with E-state index < -0.39 is 0 Å². The van der Waals surface area contributed by atoms with Crippen molar-refractivity contribution in [2.75, 3.05) is 0 Å². The minimum atomic E-state index is 0.0717. The van der Waals surface area contributed by atoms with Crippen molar-refractivity contribution in [2.45, 2.75) is 12.5 Å². The zero-order chi connectivity index (χ0) is 30.5. The zero-order valence-electron chi connectivity index (χ0n) is 25.4. The number of para-hydroxylation sites is 3. The molecule has 2 nitrogen and oxygen atoms in total. The average Bonchev–Trinajstić information content (AvgIpc) is 3.65. The highest BCUT2D eigenvalue weighted by atomic mass is 15.1. The first kappa shape index (κ1) is 26.5. The summed E-state index contributed by atoms with van der Waals surface area (Å²) in [6.45, 7) is 0. The summed E-state index contributed by atoms with van der Waals surface area (Å²) in [5, 5.41) is 5.10. The third-order valence-corrected chi connectivity index (χ3v) is 9.48. The van der Waals surface area contributed by atoms with Gasteiger partial charge in [-0.3, -0.25) is 0 Å². The van der Waals surface area contributed by atoms with Gasteiger partial charge in [0.05, 0.1) is 22.6 Å². The second kappa shape index (κ2) is 10.9. The van der Waals surface area contributed by atoms with Gasteiger partial charge in [0.25, 0.3) is 0 Å². The highest BCUT2D eigenvalue weighted by Gasteiger charge is 2.25. The predicted molar refractivity (Wildman–Crippen MR) is 194 cm³/mol. The number of aromatic nitrogens is 2. The number of nitrogens with zero attached hydrogens (tertiary/aromatic N) is 2. The minimum Gasteiger partial charge on any atom is -0.331 e. The molecule has 46 heavy (non-hydrogen) atoms. The molecule has 0 saturated carbocycles. The maximum absolute atomic E-state index is 2.63. The van der Waals surface area contributed by atoms with Crippen LogP contribution in [0, 0.1) is 0 Å². The second-order valence-corrected chi connectivity index (χ2v) is 12.1. The topological polar surface area (TPSA) is 9.86 Å². The Morgan fingerprint density at radius 1 is 0.413 bits per heavy atom. The van der Waals surface area contributed by atoms with Crippen LogP contribution >= 0.6 is 0 Å². The van der Waals surface area contributed by atoms with Gasteiger partial charge in [0.2, 0.25) is 0 Å². The smallest absolute Gasteiger partial charge is 0.0785 e. The molecule has 1 unspecified atom stereocenters. The standard InChI is InChI=1S/C44H32N2/c1-4-16-32(17-5-1)34-20-14-15-31(29-34)30-42(33-18-6-2-7-19-33)46-41-26-13-11-24-37(41)39-28-27-38-36-23-10-12-25-40(36)45(43(38)44(39)46)35-21-8-3-9-22-35/h1-29,42H,30H2. The van der Waals surface area contributed by atoms with E-state index >= 15 is 0 Å². The summed E-state index contributed by atoms with van der Waals surface area (Å²) in [7, 11) is 0. The summed E-state index contributed by atoms with van der Waals surface area (Å²) in [6.07, 6.45) is 0.862. The fraction of sp³-hybridized carbons (Fsp3) is 0.0455. The van der Waals surface area contributed by atoms with Crippen molar-refractivity contribution in [1.82, 2.24) is 9.13 Å². The highest BCUT2D eigenvalue weighted by Crippen LogP contribution is 2.43. The molecule has 0 radical (unpaired) electrons. The molecule has 0 N–H and O–H groups in total. The number of fused-ring (bicyclic) bond motifs is 7. The van der Waals surface area contributed by atoms with Crippen molar-refractivity contribution < 1.29 is 0 Å². The van der Waals surface area contributed by atoms with Gasteiger partial charge < -0.3 is 9.13 Å². The van der Waals surface area contributed by atoms with Gasteiger partial charge in [0.1, 0.15) is 0 Å². The van der Waals surface area contributed by atoms with Gasteiger partial charge in [0, 0.05) is 32.7 Å². The lowest BCUT2D eigenvalue weighted by molar-refractivity contribution is 0.619. The molecule has 2 heteroatoms. The average molecular weight is 589 g/mol. The molecule has 0 aliphatic heterocycles. The molecule has 2 heterocycles. The third kappa shape index (κ3) is 4.26. The van der Waals surface area contributed by atoms with Gasteiger partial charge in [-0.05, 0) is 52.9 Å². The lowest BCUT2D eigenvalue weighted by atomic mass is 9.95. The minimum absolute atomic E-state index is 0.0717. The predicted octanol–water partition coefficient (Wildman–Crippen LogP) is 11.4. The van der Waals surface area contributed by atoms with E-state index in [2.05, 4.69) is 185 Å². The fourth-order valence-corrected chi connectivity index (χ4v) is 7.47. The van der Waals surface area contributed by atoms with Crippen molar-refractivity contribution in [2.24, 2.45) is 0 Å². The first-order chi connectivity index (χ1) is 22.8. The Morgan fingerprint density at radius 3 is 1.72 bits per heavy atom. The molecule has 9 rings (SSSR count). The van der Waals surface area contributed by atoms with Gasteiger partial charge in [-0.1, -0.05) is 152 Å². The number of hydrogen-bond donors (Lipinski definition) is 0. The van der Waals surface area contributed by atoms with Gasteiger partial charge >= 0.3 is 0 Å². The van der Waals surface area contributed by atoms with E-state index in [1.165, 1.54) is 71.6 Å². The molecule has 0 aliphatic carbocycles. The van der Waals surface area contributed by atoms with Crippen molar-refractivity contribution in [3.63, 3.8) is 0 Å². The molecule has 2 aromatic heterocycles. The Kier molecular flexibility index (Phi) is 6.31. The quantitative estimate of drug-likeness (QED) is 0.183. The normalized spacial score (nSPS) is 12.3. The largest absolute Gasteiger partial charge is 0.331 e. The van der Waals surface area contributed by atoms with Crippen LogP contribution in [0.5, 0.6) is 0 Å². The highest BCUT2D eigenvalue weighted by molar-refractivity contribution is 6.23. The van der Waals surface area contributed by atoms with Crippen LogP contribution in [-0.2, 0) is 6.42 Å². The molecule has 0 bridgehead atoms. The molecule has 1 atom stereocenters. The first-order valence-corrected chi connectivity index (χ1v) is 16.0. The molecule has 0 aliphatic rings. The van der Waals surface area contributed by atoms with E-state index in [0.29, 0.717) is 0 Å². The molecule has 0 fully saturated rings. The summed E-state index contributed by atoms with van der Waals surface area (Å²) >= 11 is 0. The van der Waals surface area contributed by atoms with Crippen LogP contribution in [0.25, 0.3) is 60.4 Å². The van der Waals surface area contributed by atoms with Crippen LogP contribution in [0.2, 0.25) is 0 Å². The van der Waals surface area contributed by atoms with Crippen LogP contribution in [-0.4, -0.2) is 9.13 Å². The maximum Gasteiger partial charge on any atom is 0.0785 e. The Bertz CT molecular complexity index is 2490. The van der Waals surface area contributed by atoms with Gasteiger partial charge in [0.15, 0.2) is 0 Å². The molecule has 0 amide bonds. The lowest BCUT2D eigenvalue weighted by Gasteiger charge is -2.23. The summed E-state index contributed by atoms with van der Waals surface area (Å²) < 4.78 is 5.11. The van der Waals surface area contributed by atoms with E-state index in [4.69, 9.17) is 0 Å². The van der Waals surface area contributed by atoms with E-state index in [-0.39, 0.29) is 6.04 Å². The van der Waals surface area contributed by atoms with Crippen LogP contribution in [0.1, 0.15) is 17.2 Å². The van der Waals surface area contributed by atoms with Gasteiger partial charge in [-0.15, -0.1) is 0 Å². The van der Waals surface area contributed by atoms with Crippen molar-refractivity contribution in [3.8, 4) is 16.8 Å². The zero-order valence-corrected chi connectivity index (χ0v) is 25.4. The molecule has 7 aromatic carbocycles. The van der Waals surface area contributed by atoms with Crippen molar-refractivity contribution in [1.29, 1.82) is 0 Å². The molecule has 0 spiro atoms. The summed E-state index contributed by atoms with van der Waals surface area (Å²) in [6, 6.07) is 64.2. The van der Waals surface area contributed by atoms with Crippen LogP contribution < -0.4 is 0 Å². The van der Waals surface area contributed by atoms with Crippen molar-refractivity contribution in [3.05, 3.63) is 187 Å². The van der Waals surface area contributed by atoms with E-state index in [1.54, 1.807) is 0 Å². The van der Waals surface area contributed by atoms with Crippen molar-refractivity contribution >= 4 is 43.6 Å². The monoisotopic (exact) mass is 588 g/mol. The molecule has 0 saturated heterocycles. The van der Waals surface area contributed by atoms with Gasteiger partial charge in [-0.2, -0.15) is 0 Å².